The lowest BCUT2D eigenvalue weighted by Crippen LogP contribution is -1.80. The Labute approximate surface area is 59.8 Å². The van der Waals surface area contributed by atoms with Crippen LogP contribution in [0.1, 0.15) is 4.88 Å². The third-order valence-corrected chi connectivity index (χ3v) is 2.80. The van der Waals surface area contributed by atoms with E-state index in [1.807, 2.05) is 6.92 Å². The highest BCUT2D eigenvalue weighted by Crippen LogP contribution is 2.17. The zero-order valence-electron chi connectivity index (χ0n) is 4.79. The number of aryl methyl sites for hydroxylation is 1. The molecule has 0 bridgehead atoms. The molecule has 9 heavy (non-hydrogen) atoms. The smallest absolute Gasteiger partial charge is 0.0774 e. The van der Waals surface area contributed by atoms with Crippen LogP contribution in [0.15, 0.2) is 16.3 Å². The number of rotatable bonds is 1. The fourth-order valence-corrected chi connectivity index (χ4v) is 1.94. The molecular weight excluding hydrogens is 156 g/mol. The van der Waals surface area contributed by atoms with Crippen LogP contribution in [-0.2, 0) is 11.1 Å². The van der Waals surface area contributed by atoms with Crippen molar-refractivity contribution < 1.29 is 8.76 Å². The fourth-order valence-electron chi connectivity index (χ4n) is 0.502. The molecule has 0 N–H and O–H groups in total. The van der Waals surface area contributed by atoms with E-state index in [1.165, 1.54) is 11.3 Å². The topological polar surface area (TPSA) is 40.1 Å². The molecule has 1 rings (SSSR count). The molecule has 50 valence electrons. The van der Waals surface area contributed by atoms with Crippen molar-refractivity contribution in [1.29, 1.82) is 0 Å². The van der Waals surface area contributed by atoms with Gasteiger partial charge in [0.15, 0.2) is 0 Å². The highest BCUT2D eigenvalue weighted by Gasteiger charge is 1.93. The second-order valence-electron chi connectivity index (χ2n) is 1.60. The van der Waals surface area contributed by atoms with E-state index in [0.29, 0.717) is 4.21 Å². The standard InChI is InChI=1S/C5H6O2S2/c1-4-2-3-5(8-4)9(6)7/h2-3H,1H3,(H,6,7)/p-1. The van der Waals surface area contributed by atoms with Crippen LogP contribution in [-0.4, -0.2) is 8.76 Å². The van der Waals surface area contributed by atoms with Crippen LogP contribution in [0, 0.1) is 6.92 Å². The first-order valence-electron chi connectivity index (χ1n) is 2.36. The maximum Gasteiger partial charge on any atom is 0.0774 e. The highest BCUT2D eigenvalue weighted by atomic mass is 32.2. The summed E-state index contributed by atoms with van der Waals surface area (Å²) < 4.78 is 20.9. The number of hydrogen-bond acceptors (Lipinski definition) is 3. The highest BCUT2D eigenvalue weighted by molar-refractivity contribution is 7.81. The van der Waals surface area contributed by atoms with Gasteiger partial charge >= 0.3 is 0 Å². The van der Waals surface area contributed by atoms with Gasteiger partial charge in [0, 0.05) is 4.88 Å². The third-order valence-electron chi connectivity index (χ3n) is 0.880. The summed E-state index contributed by atoms with van der Waals surface area (Å²) in [7, 11) is 0. The maximum absolute atomic E-state index is 10.2. The van der Waals surface area contributed by atoms with Crippen LogP contribution in [0.4, 0.5) is 0 Å². The van der Waals surface area contributed by atoms with Crippen LogP contribution < -0.4 is 0 Å². The first kappa shape index (κ1) is 6.92. The molecule has 0 aliphatic rings. The summed E-state index contributed by atoms with van der Waals surface area (Å²) >= 11 is -0.756. The van der Waals surface area contributed by atoms with E-state index in [9.17, 15) is 8.76 Å². The average molecular weight is 161 g/mol. The zero-order chi connectivity index (χ0) is 6.85. The van der Waals surface area contributed by atoms with Crippen LogP contribution in [0.3, 0.4) is 0 Å². The largest absolute Gasteiger partial charge is 0.768 e. The first-order valence-corrected chi connectivity index (χ1v) is 4.25. The normalized spacial score (nSPS) is 13.6. The van der Waals surface area contributed by atoms with Crippen LogP contribution in [0.25, 0.3) is 0 Å². The SMILES string of the molecule is Cc1ccc(S(=O)[O-])s1. The third kappa shape index (κ3) is 1.61. The minimum atomic E-state index is -2.04. The lowest BCUT2D eigenvalue weighted by molar-refractivity contribution is 0.539. The Morgan fingerprint density at radius 2 is 2.33 bits per heavy atom. The molecule has 0 aromatic carbocycles. The van der Waals surface area contributed by atoms with Gasteiger partial charge in [-0.3, -0.25) is 4.21 Å². The lowest BCUT2D eigenvalue weighted by atomic mass is 10.5. The average Bonchev–Trinajstić information content (AvgIpc) is 2.14. The van der Waals surface area contributed by atoms with Crippen molar-refractivity contribution >= 4 is 22.4 Å². The molecule has 4 heteroatoms. The van der Waals surface area contributed by atoms with Gasteiger partial charge in [0.1, 0.15) is 0 Å². The van der Waals surface area contributed by atoms with E-state index in [4.69, 9.17) is 0 Å². The summed E-state index contributed by atoms with van der Waals surface area (Å²) in [6.45, 7) is 1.88. The molecule has 1 aromatic heterocycles. The summed E-state index contributed by atoms with van der Waals surface area (Å²) in [5.41, 5.74) is 0. The molecule has 0 aliphatic carbocycles. The molecule has 0 aliphatic heterocycles. The molecule has 1 unspecified atom stereocenters. The van der Waals surface area contributed by atoms with Crippen LogP contribution in [0.5, 0.6) is 0 Å². The summed E-state index contributed by atoms with van der Waals surface area (Å²) in [5, 5.41) is 0. The Morgan fingerprint density at radius 3 is 2.56 bits per heavy atom. The van der Waals surface area contributed by atoms with E-state index in [0.717, 1.165) is 4.88 Å². The van der Waals surface area contributed by atoms with Gasteiger partial charge in [0.25, 0.3) is 0 Å². The van der Waals surface area contributed by atoms with Crippen LogP contribution in [0.2, 0.25) is 0 Å². The first-order chi connectivity index (χ1) is 4.20. The quantitative estimate of drug-likeness (QED) is 0.582. The molecule has 0 saturated carbocycles. The Hall–Kier alpha value is -0.190. The lowest BCUT2D eigenvalue weighted by Gasteiger charge is -1.97. The molecular formula is C5H5O2S2-. The summed E-state index contributed by atoms with van der Waals surface area (Å²) in [5.74, 6) is 0. The summed E-state index contributed by atoms with van der Waals surface area (Å²) in [6, 6.07) is 3.39. The molecule has 1 atom stereocenters. The van der Waals surface area contributed by atoms with Crippen molar-refractivity contribution in [3.05, 3.63) is 17.0 Å². The van der Waals surface area contributed by atoms with E-state index in [-0.39, 0.29) is 0 Å². The van der Waals surface area contributed by atoms with Gasteiger partial charge in [0.05, 0.1) is 4.21 Å². The molecule has 0 amide bonds. The van der Waals surface area contributed by atoms with Gasteiger partial charge in [-0.05, 0) is 30.1 Å². The molecule has 0 spiro atoms. The number of hydrogen-bond donors (Lipinski definition) is 0. The Morgan fingerprint density at radius 1 is 1.67 bits per heavy atom. The predicted molar refractivity (Wildman–Crippen MR) is 36.2 cm³/mol. The zero-order valence-corrected chi connectivity index (χ0v) is 6.42. The molecule has 0 fully saturated rings. The van der Waals surface area contributed by atoms with Crippen molar-refractivity contribution in [3.63, 3.8) is 0 Å². The van der Waals surface area contributed by atoms with Gasteiger partial charge in [-0.25, -0.2) is 0 Å². The van der Waals surface area contributed by atoms with Crippen molar-refractivity contribution in [3.8, 4) is 0 Å². The van der Waals surface area contributed by atoms with Crippen molar-refractivity contribution in [1.82, 2.24) is 0 Å². The van der Waals surface area contributed by atoms with Gasteiger partial charge in [-0.2, -0.15) is 0 Å². The molecule has 1 aromatic rings. The van der Waals surface area contributed by atoms with E-state index >= 15 is 0 Å². The van der Waals surface area contributed by atoms with Gasteiger partial charge < -0.3 is 4.55 Å². The van der Waals surface area contributed by atoms with Gasteiger partial charge in [0.2, 0.25) is 0 Å². The second-order valence-corrected chi connectivity index (χ2v) is 4.06. The van der Waals surface area contributed by atoms with E-state index < -0.39 is 11.1 Å². The Kier molecular flexibility index (Phi) is 2.00. The van der Waals surface area contributed by atoms with Crippen molar-refractivity contribution in [2.75, 3.05) is 0 Å². The van der Waals surface area contributed by atoms with Gasteiger partial charge in [-0.1, -0.05) is 0 Å². The molecule has 1 heterocycles. The Bertz CT molecular complexity index is 229. The molecule has 2 nitrogen and oxygen atoms in total. The maximum atomic E-state index is 10.2. The minimum Gasteiger partial charge on any atom is -0.768 e. The minimum absolute atomic E-state index is 0.410. The van der Waals surface area contributed by atoms with Crippen molar-refractivity contribution in [2.24, 2.45) is 0 Å². The van der Waals surface area contributed by atoms with Crippen molar-refractivity contribution in [2.45, 2.75) is 11.1 Å². The monoisotopic (exact) mass is 161 g/mol. The summed E-state index contributed by atoms with van der Waals surface area (Å²) in [4.78, 5) is 1.02. The second kappa shape index (κ2) is 2.60. The molecule has 0 radical (unpaired) electrons. The summed E-state index contributed by atoms with van der Waals surface area (Å²) in [6.07, 6.45) is 0. The Balaban J connectivity index is 2.98. The number of thiophene rings is 1. The van der Waals surface area contributed by atoms with Gasteiger partial charge in [-0.15, -0.1) is 11.3 Å². The predicted octanol–water partition coefficient (Wildman–Crippen LogP) is 1.29. The fraction of sp³-hybridized carbons (Fsp3) is 0.200. The van der Waals surface area contributed by atoms with E-state index in [2.05, 4.69) is 0 Å². The van der Waals surface area contributed by atoms with Crippen LogP contribution >= 0.6 is 11.3 Å². The van der Waals surface area contributed by atoms with E-state index in [1.54, 1.807) is 12.1 Å². The molecule has 0 saturated heterocycles.